The van der Waals surface area contributed by atoms with Crippen molar-refractivity contribution in [1.82, 2.24) is 19.3 Å². The lowest BCUT2D eigenvalue weighted by Gasteiger charge is -2.19. The molecule has 0 spiro atoms. The lowest BCUT2D eigenvalue weighted by molar-refractivity contribution is 0.102. The number of carbonyl (C=O) groups is 1. The monoisotopic (exact) mass is 455 g/mol. The number of fused-ring (bicyclic) bond motifs is 2. The van der Waals surface area contributed by atoms with E-state index in [1.807, 2.05) is 0 Å². The molecular formula is C21H21N5O5S. The lowest BCUT2D eigenvalue weighted by atomic mass is 10.1. The van der Waals surface area contributed by atoms with Crippen molar-refractivity contribution < 1.29 is 13.2 Å². The Labute approximate surface area is 182 Å². The van der Waals surface area contributed by atoms with E-state index in [9.17, 15) is 22.8 Å². The van der Waals surface area contributed by atoms with Crippen molar-refractivity contribution in [3.63, 3.8) is 0 Å². The highest BCUT2D eigenvalue weighted by Crippen LogP contribution is 2.24. The molecule has 0 atom stereocenters. The molecule has 4 rings (SSSR count). The molecule has 0 bridgehead atoms. The van der Waals surface area contributed by atoms with Gasteiger partial charge in [0.25, 0.3) is 5.91 Å². The predicted octanol–water partition coefficient (Wildman–Crippen LogP) is 1.98. The van der Waals surface area contributed by atoms with Gasteiger partial charge in [-0.1, -0.05) is 13.8 Å². The van der Waals surface area contributed by atoms with E-state index in [0.717, 1.165) is 6.07 Å². The van der Waals surface area contributed by atoms with Gasteiger partial charge in [-0.2, -0.15) is 4.31 Å². The molecule has 11 heteroatoms. The molecule has 4 aromatic rings. The molecule has 0 saturated carbocycles. The van der Waals surface area contributed by atoms with E-state index in [2.05, 4.69) is 20.3 Å². The number of benzene rings is 2. The van der Waals surface area contributed by atoms with Crippen molar-refractivity contribution >= 4 is 43.6 Å². The summed E-state index contributed by atoms with van der Waals surface area (Å²) in [5.41, 5.74) is 1.00. The number of pyridine rings is 1. The van der Waals surface area contributed by atoms with E-state index in [1.54, 1.807) is 32.0 Å². The molecule has 0 aliphatic heterocycles. The fraction of sp³-hybridized carbons (Fsp3) is 0.190. The second-order valence-electron chi connectivity index (χ2n) is 7.14. The Morgan fingerprint density at radius 2 is 1.59 bits per heavy atom. The molecule has 10 nitrogen and oxygen atoms in total. The fourth-order valence-electron chi connectivity index (χ4n) is 3.60. The average molecular weight is 455 g/mol. The van der Waals surface area contributed by atoms with E-state index in [0.29, 0.717) is 40.7 Å². The van der Waals surface area contributed by atoms with Gasteiger partial charge >= 0.3 is 5.69 Å². The van der Waals surface area contributed by atoms with Crippen LogP contribution in [-0.2, 0) is 10.0 Å². The molecule has 0 radical (unpaired) electrons. The average Bonchev–Trinajstić information content (AvgIpc) is 3.12. The predicted molar refractivity (Wildman–Crippen MR) is 122 cm³/mol. The Balaban J connectivity index is 1.78. The molecule has 0 unspecified atom stereocenters. The maximum atomic E-state index is 13.0. The number of imidazole rings is 1. The lowest BCUT2D eigenvalue weighted by Crippen LogP contribution is -2.30. The van der Waals surface area contributed by atoms with Gasteiger partial charge in [-0.05, 0) is 36.4 Å². The number of hydrogen-bond donors (Lipinski definition) is 4. The van der Waals surface area contributed by atoms with E-state index >= 15 is 0 Å². The third kappa shape index (κ3) is 3.83. The minimum Gasteiger partial charge on any atom is -0.322 e. The molecule has 4 N–H and O–H groups in total. The summed E-state index contributed by atoms with van der Waals surface area (Å²) in [5, 5.41) is 2.99. The number of hydrogen-bond acceptors (Lipinski definition) is 5. The van der Waals surface area contributed by atoms with Crippen molar-refractivity contribution in [1.29, 1.82) is 0 Å². The number of carbonyl (C=O) groups excluding carboxylic acids is 1. The summed E-state index contributed by atoms with van der Waals surface area (Å²) in [6.45, 7) is 4.10. The molecule has 0 aliphatic carbocycles. The van der Waals surface area contributed by atoms with Gasteiger partial charge in [0, 0.05) is 35.7 Å². The van der Waals surface area contributed by atoms with Gasteiger partial charge in [0.2, 0.25) is 15.6 Å². The van der Waals surface area contributed by atoms with Gasteiger partial charge < -0.3 is 20.3 Å². The summed E-state index contributed by atoms with van der Waals surface area (Å²) >= 11 is 0. The SMILES string of the molecule is CCN(CC)S(=O)(=O)c1ccc2[nH]c(=O)cc(C(=O)Nc3ccc4[nH]c(=O)[nH]c4c3)c2c1. The van der Waals surface area contributed by atoms with Crippen LogP contribution in [0.25, 0.3) is 21.9 Å². The van der Waals surface area contributed by atoms with E-state index in [-0.39, 0.29) is 16.1 Å². The zero-order chi connectivity index (χ0) is 23.0. The first-order valence-corrected chi connectivity index (χ1v) is 11.4. The van der Waals surface area contributed by atoms with Crippen LogP contribution in [0.5, 0.6) is 0 Å². The third-order valence-electron chi connectivity index (χ3n) is 5.18. The molecule has 1 amide bonds. The van der Waals surface area contributed by atoms with Gasteiger partial charge in [0.1, 0.15) is 0 Å². The zero-order valence-electron chi connectivity index (χ0n) is 17.4. The minimum atomic E-state index is -3.75. The second kappa shape index (κ2) is 8.09. The second-order valence-corrected chi connectivity index (χ2v) is 9.08. The summed E-state index contributed by atoms with van der Waals surface area (Å²) in [4.78, 5) is 44.5. The van der Waals surface area contributed by atoms with Gasteiger partial charge in [-0.15, -0.1) is 0 Å². The van der Waals surface area contributed by atoms with Crippen molar-refractivity contribution in [2.24, 2.45) is 0 Å². The minimum absolute atomic E-state index is 0.0288. The Kier molecular flexibility index (Phi) is 5.45. The van der Waals surface area contributed by atoms with Crippen molar-refractivity contribution in [3.05, 3.63) is 68.9 Å². The van der Waals surface area contributed by atoms with Crippen molar-refractivity contribution in [3.8, 4) is 0 Å². The van der Waals surface area contributed by atoms with Gasteiger partial charge in [0.15, 0.2) is 0 Å². The number of H-pyrrole nitrogens is 3. The molecule has 166 valence electrons. The van der Waals surface area contributed by atoms with Crippen LogP contribution in [0.2, 0.25) is 0 Å². The fourth-order valence-corrected chi connectivity index (χ4v) is 5.09. The highest BCUT2D eigenvalue weighted by molar-refractivity contribution is 7.89. The standard InChI is InChI=1S/C21H21N5O5S/c1-3-26(4-2)32(30,31)13-6-8-16-14(10-13)15(11-19(27)23-16)20(28)22-12-5-7-17-18(9-12)25-21(29)24-17/h5-11H,3-4H2,1-2H3,(H,22,28)(H,23,27)(H2,24,25,29). The molecule has 32 heavy (non-hydrogen) atoms. The van der Waals surface area contributed by atoms with Crippen LogP contribution in [0.1, 0.15) is 24.2 Å². The van der Waals surface area contributed by atoms with Crippen LogP contribution < -0.4 is 16.6 Å². The molecule has 2 aromatic heterocycles. The summed E-state index contributed by atoms with van der Waals surface area (Å²) in [7, 11) is -3.75. The van der Waals surface area contributed by atoms with E-state index in [1.165, 1.54) is 22.5 Å². The van der Waals surface area contributed by atoms with Crippen LogP contribution in [-0.4, -0.2) is 46.7 Å². The number of aromatic amines is 3. The number of nitrogens with one attached hydrogen (secondary N) is 4. The van der Waals surface area contributed by atoms with Crippen molar-refractivity contribution in [2.75, 3.05) is 18.4 Å². The van der Waals surface area contributed by atoms with Crippen LogP contribution in [0.15, 0.2) is 56.9 Å². The van der Waals surface area contributed by atoms with Crippen LogP contribution in [0, 0.1) is 0 Å². The number of aromatic nitrogens is 3. The van der Waals surface area contributed by atoms with Crippen LogP contribution in [0.4, 0.5) is 5.69 Å². The van der Waals surface area contributed by atoms with Gasteiger partial charge in [0.05, 0.1) is 21.5 Å². The Bertz CT molecular complexity index is 1560. The number of amides is 1. The Morgan fingerprint density at radius 3 is 2.31 bits per heavy atom. The summed E-state index contributed by atoms with van der Waals surface area (Å²) in [6.07, 6.45) is 0. The quantitative estimate of drug-likeness (QED) is 0.351. The maximum Gasteiger partial charge on any atom is 0.323 e. The number of sulfonamides is 1. The van der Waals surface area contributed by atoms with E-state index < -0.39 is 21.5 Å². The summed E-state index contributed by atoms with van der Waals surface area (Å²) in [6, 6.07) is 10.2. The largest absolute Gasteiger partial charge is 0.323 e. The topological polar surface area (TPSA) is 148 Å². The maximum absolute atomic E-state index is 13.0. The van der Waals surface area contributed by atoms with Gasteiger partial charge in [-0.3, -0.25) is 9.59 Å². The molecular weight excluding hydrogens is 434 g/mol. The normalized spacial score (nSPS) is 12.0. The first-order chi connectivity index (χ1) is 15.2. The molecule has 0 saturated heterocycles. The molecule has 2 heterocycles. The number of rotatable bonds is 6. The highest BCUT2D eigenvalue weighted by Gasteiger charge is 2.23. The first kappa shape index (κ1) is 21.5. The smallest absolute Gasteiger partial charge is 0.322 e. The zero-order valence-corrected chi connectivity index (χ0v) is 18.2. The summed E-state index contributed by atoms with van der Waals surface area (Å²) in [5.74, 6) is -0.587. The third-order valence-corrected chi connectivity index (χ3v) is 7.22. The number of nitrogens with zero attached hydrogens (tertiary/aromatic N) is 1. The number of anilines is 1. The Morgan fingerprint density at radius 1 is 0.906 bits per heavy atom. The van der Waals surface area contributed by atoms with Crippen LogP contribution in [0.3, 0.4) is 0 Å². The molecule has 2 aromatic carbocycles. The molecule has 0 fully saturated rings. The summed E-state index contributed by atoms with van der Waals surface area (Å²) < 4.78 is 27.2. The van der Waals surface area contributed by atoms with Crippen LogP contribution >= 0.6 is 0 Å². The Hall–Kier alpha value is -3.70. The molecule has 0 aliphatic rings. The van der Waals surface area contributed by atoms with Crippen molar-refractivity contribution in [2.45, 2.75) is 18.7 Å². The first-order valence-electron chi connectivity index (χ1n) is 9.93. The van der Waals surface area contributed by atoms with E-state index in [4.69, 9.17) is 0 Å². The van der Waals surface area contributed by atoms with Gasteiger partial charge in [-0.25, -0.2) is 13.2 Å². The highest BCUT2D eigenvalue weighted by atomic mass is 32.2.